The molecule has 0 saturated carbocycles. The predicted octanol–water partition coefficient (Wildman–Crippen LogP) is 3.87. The SMILES string of the molecule is CCCn1nnc(CC(C)(C)C)c1CC(C)(C)C. The van der Waals surface area contributed by atoms with Crippen LogP contribution in [0.4, 0.5) is 0 Å². The highest BCUT2D eigenvalue weighted by atomic mass is 15.4. The van der Waals surface area contributed by atoms with Gasteiger partial charge in [0.05, 0.1) is 11.4 Å². The molecule has 0 radical (unpaired) electrons. The van der Waals surface area contributed by atoms with Crippen molar-refractivity contribution in [3.63, 3.8) is 0 Å². The third kappa shape index (κ3) is 4.79. The van der Waals surface area contributed by atoms with Gasteiger partial charge in [0.25, 0.3) is 0 Å². The minimum absolute atomic E-state index is 0.264. The van der Waals surface area contributed by atoms with Crippen LogP contribution in [-0.4, -0.2) is 15.0 Å². The molecule has 18 heavy (non-hydrogen) atoms. The summed E-state index contributed by atoms with van der Waals surface area (Å²) in [6.07, 6.45) is 3.16. The molecule has 0 atom stereocenters. The molecule has 0 aliphatic heterocycles. The molecule has 0 unspecified atom stereocenters. The molecular weight excluding hydrogens is 222 g/mol. The van der Waals surface area contributed by atoms with Crippen molar-refractivity contribution in [2.45, 2.75) is 74.3 Å². The van der Waals surface area contributed by atoms with Crippen molar-refractivity contribution in [1.82, 2.24) is 15.0 Å². The summed E-state index contributed by atoms with van der Waals surface area (Å²) in [5.41, 5.74) is 3.06. The van der Waals surface area contributed by atoms with Crippen molar-refractivity contribution < 1.29 is 0 Å². The zero-order chi connectivity index (χ0) is 14.0. The summed E-state index contributed by atoms with van der Waals surface area (Å²) in [5.74, 6) is 0. The second-order valence-corrected chi connectivity index (χ2v) is 7.68. The first-order valence-electron chi connectivity index (χ1n) is 7.03. The van der Waals surface area contributed by atoms with Crippen LogP contribution >= 0.6 is 0 Å². The lowest BCUT2D eigenvalue weighted by Crippen LogP contribution is -2.18. The lowest BCUT2D eigenvalue weighted by molar-refractivity contribution is 0.378. The van der Waals surface area contributed by atoms with E-state index in [4.69, 9.17) is 0 Å². The Balaban J connectivity index is 3.03. The first-order valence-corrected chi connectivity index (χ1v) is 7.03. The van der Waals surface area contributed by atoms with E-state index >= 15 is 0 Å². The van der Waals surface area contributed by atoms with E-state index in [2.05, 4.69) is 63.5 Å². The number of hydrogen-bond donors (Lipinski definition) is 0. The lowest BCUT2D eigenvalue weighted by Gasteiger charge is -2.22. The van der Waals surface area contributed by atoms with Crippen LogP contribution < -0.4 is 0 Å². The van der Waals surface area contributed by atoms with Crippen LogP contribution in [0.15, 0.2) is 0 Å². The molecule has 0 amide bonds. The first kappa shape index (κ1) is 15.2. The van der Waals surface area contributed by atoms with Gasteiger partial charge in [-0.25, -0.2) is 4.68 Å². The average Bonchev–Trinajstić information content (AvgIpc) is 2.46. The summed E-state index contributed by atoms with van der Waals surface area (Å²) < 4.78 is 2.10. The fourth-order valence-electron chi connectivity index (χ4n) is 2.10. The molecule has 104 valence electrons. The molecule has 0 aromatic carbocycles. The predicted molar refractivity (Wildman–Crippen MR) is 76.6 cm³/mol. The molecule has 1 aromatic heterocycles. The molecule has 0 bridgehead atoms. The summed E-state index contributed by atoms with van der Waals surface area (Å²) in [5, 5.41) is 8.76. The third-order valence-corrected chi connectivity index (χ3v) is 2.75. The molecule has 0 aliphatic carbocycles. The summed E-state index contributed by atoms with van der Waals surface area (Å²) in [7, 11) is 0. The zero-order valence-corrected chi connectivity index (χ0v) is 13.2. The number of hydrogen-bond acceptors (Lipinski definition) is 2. The summed E-state index contributed by atoms with van der Waals surface area (Å²) >= 11 is 0. The van der Waals surface area contributed by atoms with Crippen LogP contribution in [0, 0.1) is 10.8 Å². The van der Waals surface area contributed by atoms with E-state index in [0.717, 1.165) is 25.8 Å². The van der Waals surface area contributed by atoms with Gasteiger partial charge in [0.2, 0.25) is 0 Å². The fraction of sp³-hybridized carbons (Fsp3) is 0.867. The first-order chi connectivity index (χ1) is 8.12. The summed E-state index contributed by atoms with van der Waals surface area (Å²) in [4.78, 5) is 0. The van der Waals surface area contributed by atoms with Gasteiger partial charge in [-0.05, 0) is 30.1 Å². The van der Waals surface area contributed by atoms with Gasteiger partial charge >= 0.3 is 0 Å². The maximum absolute atomic E-state index is 4.42. The minimum atomic E-state index is 0.264. The quantitative estimate of drug-likeness (QED) is 0.813. The highest BCUT2D eigenvalue weighted by Gasteiger charge is 2.23. The molecule has 1 rings (SSSR count). The minimum Gasteiger partial charge on any atom is -0.249 e. The Labute approximate surface area is 112 Å². The van der Waals surface area contributed by atoms with Gasteiger partial charge in [0, 0.05) is 6.54 Å². The Morgan fingerprint density at radius 1 is 0.944 bits per heavy atom. The number of nitrogens with zero attached hydrogens (tertiary/aromatic N) is 3. The Morgan fingerprint density at radius 3 is 1.94 bits per heavy atom. The van der Waals surface area contributed by atoms with Crippen molar-refractivity contribution in [2.75, 3.05) is 0 Å². The van der Waals surface area contributed by atoms with E-state index in [1.54, 1.807) is 0 Å². The topological polar surface area (TPSA) is 30.7 Å². The van der Waals surface area contributed by atoms with Crippen LogP contribution in [0.25, 0.3) is 0 Å². The van der Waals surface area contributed by atoms with Gasteiger partial charge in [-0.15, -0.1) is 5.10 Å². The monoisotopic (exact) mass is 251 g/mol. The van der Waals surface area contributed by atoms with Crippen molar-refractivity contribution in [2.24, 2.45) is 10.8 Å². The van der Waals surface area contributed by atoms with E-state index in [0.29, 0.717) is 0 Å². The van der Waals surface area contributed by atoms with Gasteiger partial charge < -0.3 is 0 Å². The van der Waals surface area contributed by atoms with Gasteiger partial charge in [-0.3, -0.25) is 0 Å². The van der Waals surface area contributed by atoms with Crippen LogP contribution in [0.2, 0.25) is 0 Å². The second kappa shape index (κ2) is 5.41. The van der Waals surface area contributed by atoms with Crippen molar-refractivity contribution in [3.8, 4) is 0 Å². The molecule has 0 spiro atoms. The largest absolute Gasteiger partial charge is 0.249 e. The molecule has 3 nitrogen and oxygen atoms in total. The van der Waals surface area contributed by atoms with Crippen molar-refractivity contribution >= 4 is 0 Å². The van der Waals surface area contributed by atoms with Crippen molar-refractivity contribution in [1.29, 1.82) is 0 Å². The lowest BCUT2D eigenvalue weighted by atomic mass is 9.85. The van der Waals surface area contributed by atoms with E-state index in [-0.39, 0.29) is 10.8 Å². The molecule has 1 heterocycles. The third-order valence-electron chi connectivity index (χ3n) is 2.75. The number of aromatic nitrogens is 3. The molecule has 0 fully saturated rings. The normalized spacial score (nSPS) is 13.1. The molecule has 0 aliphatic rings. The van der Waals surface area contributed by atoms with E-state index in [1.807, 2.05) is 0 Å². The highest BCUT2D eigenvalue weighted by Crippen LogP contribution is 2.26. The average molecular weight is 251 g/mol. The van der Waals surface area contributed by atoms with Gasteiger partial charge in [0.1, 0.15) is 0 Å². The van der Waals surface area contributed by atoms with Crippen LogP contribution in [-0.2, 0) is 19.4 Å². The van der Waals surface area contributed by atoms with E-state index < -0.39 is 0 Å². The smallest absolute Gasteiger partial charge is 0.0864 e. The Bertz CT molecular complexity index is 377. The van der Waals surface area contributed by atoms with Gasteiger partial charge in [-0.2, -0.15) is 0 Å². The Morgan fingerprint density at radius 2 is 1.50 bits per heavy atom. The van der Waals surface area contributed by atoms with Gasteiger partial charge in [0.15, 0.2) is 0 Å². The highest BCUT2D eigenvalue weighted by molar-refractivity contribution is 5.13. The van der Waals surface area contributed by atoms with E-state index in [1.165, 1.54) is 11.4 Å². The summed E-state index contributed by atoms with van der Waals surface area (Å²) in [6.45, 7) is 16.8. The van der Waals surface area contributed by atoms with Crippen LogP contribution in [0.1, 0.15) is 66.3 Å². The Kier molecular flexibility index (Phi) is 4.57. The van der Waals surface area contributed by atoms with Crippen LogP contribution in [0.3, 0.4) is 0 Å². The van der Waals surface area contributed by atoms with Crippen LogP contribution in [0.5, 0.6) is 0 Å². The number of rotatable bonds is 4. The second-order valence-electron chi connectivity index (χ2n) is 7.68. The van der Waals surface area contributed by atoms with Gasteiger partial charge in [-0.1, -0.05) is 53.7 Å². The molecule has 3 heteroatoms. The fourth-order valence-corrected chi connectivity index (χ4v) is 2.10. The maximum Gasteiger partial charge on any atom is 0.0864 e. The summed E-state index contributed by atoms with van der Waals surface area (Å²) in [6, 6.07) is 0. The van der Waals surface area contributed by atoms with Crippen molar-refractivity contribution in [3.05, 3.63) is 11.4 Å². The molecule has 1 aromatic rings. The molecular formula is C15H29N3. The zero-order valence-electron chi connectivity index (χ0n) is 13.2. The maximum atomic E-state index is 4.42. The van der Waals surface area contributed by atoms with E-state index in [9.17, 15) is 0 Å². The molecule has 0 N–H and O–H groups in total. The number of aryl methyl sites for hydroxylation is 1. The Hall–Kier alpha value is -0.860. The standard InChI is InChI=1S/C15H29N3/c1-8-9-18-13(11-15(5,6)7)12(16-17-18)10-14(2,3)4/h8-11H2,1-7H3. The molecule has 0 saturated heterocycles.